The molecule has 3 aliphatic heterocycles. The van der Waals surface area contributed by atoms with Crippen molar-refractivity contribution in [3.05, 3.63) is 35.7 Å². The zero-order valence-electron chi connectivity index (χ0n) is 14.2. The van der Waals surface area contributed by atoms with Crippen LogP contribution in [0.1, 0.15) is 30.0 Å². The Balaban J connectivity index is 1.48. The first-order chi connectivity index (χ1) is 12.5. The van der Waals surface area contributed by atoms with Crippen molar-refractivity contribution < 1.29 is 13.2 Å². The van der Waals surface area contributed by atoms with Gasteiger partial charge in [0.15, 0.2) is 0 Å². The van der Waals surface area contributed by atoms with E-state index in [0.29, 0.717) is 43.8 Å². The van der Waals surface area contributed by atoms with Gasteiger partial charge in [-0.1, -0.05) is 0 Å². The SMILES string of the molecule is O=C1CCc2cc(S(=O)(=O)N3CCC(n4nccn4)C3)cc3c2N1CC3. The summed E-state index contributed by atoms with van der Waals surface area (Å²) in [5.41, 5.74) is 2.89. The van der Waals surface area contributed by atoms with Crippen LogP contribution in [0.3, 0.4) is 0 Å². The number of aromatic nitrogens is 3. The van der Waals surface area contributed by atoms with Crippen molar-refractivity contribution >= 4 is 21.6 Å². The number of rotatable bonds is 3. The highest BCUT2D eigenvalue weighted by atomic mass is 32.2. The van der Waals surface area contributed by atoms with E-state index in [1.165, 1.54) is 4.31 Å². The average Bonchev–Trinajstić information content (AvgIpc) is 3.38. The Morgan fingerprint density at radius 2 is 1.73 bits per heavy atom. The lowest BCUT2D eigenvalue weighted by atomic mass is 10.00. The lowest BCUT2D eigenvalue weighted by Gasteiger charge is -2.26. The molecule has 1 unspecified atom stereocenters. The van der Waals surface area contributed by atoms with Gasteiger partial charge in [0, 0.05) is 26.1 Å². The van der Waals surface area contributed by atoms with E-state index in [-0.39, 0.29) is 11.9 Å². The molecule has 26 heavy (non-hydrogen) atoms. The molecule has 4 heterocycles. The van der Waals surface area contributed by atoms with E-state index in [0.717, 1.165) is 23.2 Å². The number of hydrogen-bond donors (Lipinski definition) is 0. The predicted molar refractivity (Wildman–Crippen MR) is 93.3 cm³/mol. The van der Waals surface area contributed by atoms with Crippen LogP contribution in [-0.2, 0) is 27.7 Å². The van der Waals surface area contributed by atoms with Crippen LogP contribution < -0.4 is 4.90 Å². The first kappa shape index (κ1) is 16.0. The minimum Gasteiger partial charge on any atom is -0.312 e. The molecule has 8 nitrogen and oxygen atoms in total. The van der Waals surface area contributed by atoms with E-state index in [9.17, 15) is 13.2 Å². The van der Waals surface area contributed by atoms with Crippen LogP contribution >= 0.6 is 0 Å². The second-order valence-electron chi connectivity index (χ2n) is 7.04. The van der Waals surface area contributed by atoms with Crippen LogP contribution in [0.15, 0.2) is 29.4 Å². The standard InChI is InChI=1S/C17H19N5O3S/c23-16-2-1-12-9-15(10-13-3-8-21(16)17(12)13)26(24,25)20-7-4-14(11-20)22-18-5-6-19-22/h5-6,9-10,14H,1-4,7-8,11H2. The molecule has 0 N–H and O–H groups in total. The number of carbonyl (C=O) groups is 1. The molecule has 5 rings (SSSR count). The normalized spacial score (nSPS) is 22.8. The Morgan fingerprint density at radius 1 is 1.00 bits per heavy atom. The van der Waals surface area contributed by atoms with E-state index in [4.69, 9.17) is 0 Å². The third kappa shape index (κ3) is 2.30. The Labute approximate surface area is 151 Å². The van der Waals surface area contributed by atoms with Crippen LogP contribution in [-0.4, -0.2) is 53.3 Å². The number of benzene rings is 1. The fourth-order valence-electron chi connectivity index (χ4n) is 4.26. The minimum absolute atomic E-state index is 0.0272. The first-order valence-electron chi connectivity index (χ1n) is 8.86. The molecular weight excluding hydrogens is 354 g/mol. The predicted octanol–water partition coefficient (Wildman–Crippen LogP) is 0.749. The molecule has 0 saturated carbocycles. The van der Waals surface area contributed by atoms with Gasteiger partial charge in [-0.25, -0.2) is 8.42 Å². The second kappa shape index (κ2) is 5.62. The number of aryl methyl sites for hydroxylation is 1. The molecule has 1 atom stereocenters. The van der Waals surface area contributed by atoms with Gasteiger partial charge < -0.3 is 4.90 Å². The summed E-state index contributed by atoms with van der Waals surface area (Å²) >= 11 is 0. The first-order valence-corrected chi connectivity index (χ1v) is 10.3. The van der Waals surface area contributed by atoms with Crippen molar-refractivity contribution in [2.75, 3.05) is 24.5 Å². The number of amides is 1. The van der Waals surface area contributed by atoms with Crippen molar-refractivity contribution in [2.24, 2.45) is 0 Å². The highest BCUT2D eigenvalue weighted by Gasteiger charge is 2.37. The summed E-state index contributed by atoms with van der Waals surface area (Å²) in [4.78, 5) is 15.8. The summed E-state index contributed by atoms with van der Waals surface area (Å²) in [6.45, 7) is 1.50. The van der Waals surface area contributed by atoms with Gasteiger partial charge in [0.2, 0.25) is 15.9 Å². The van der Waals surface area contributed by atoms with Gasteiger partial charge in [-0.3, -0.25) is 4.79 Å². The van der Waals surface area contributed by atoms with Crippen LogP contribution in [0.2, 0.25) is 0 Å². The summed E-state index contributed by atoms with van der Waals surface area (Å²) in [7, 11) is -3.56. The van der Waals surface area contributed by atoms with Crippen molar-refractivity contribution in [2.45, 2.75) is 36.6 Å². The molecule has 1 fully saturated rings. The molecular formula is C17H19N5O3S. The maximum atomic E-state index is 13.2. The molecule has 1 saturated heterocycles. The summed E-state index contributed by atoms with van der Waals surface area (Å²) < 4.78 is 27.9. The van der Waals surface area contributed by atoms with Crippen LogP contribution in [0.25, 0.3) is 0 Å². The summed E-state index contributed by atoms with van der Waals surface area (Å²) in [5, 5.41) is 8.26. The lowest BCUT2D eigenvalue weighted by molar-refractivity contribution is -0.118. The summed E-state index contributed by atoms with van der Waals surface area (Å²) in [6.07, 6.45) is 5.70. The van der Waals surface area contributed by atoms with Gasteiger partial charge >= 0.3 is 0 Å². The Bertz CT molecular complexity index is 986. The topological polar surface area (TPSA) is 88.4 Å². The molecule has 0 aliphatic carbocycles. The number of nitrogens with zero attached hydrogens (tertiary/aromatic N) is 5. The zero-order valence-corrected chi connectivity index (χ0v) is 15.0. The number of hydrogen-bond acceptors (Lipinski definition) is 5. The van der Waals surface area contributed by atoms with Gasteiger partial charge in [0.1, 0.15) is 0 Å². The van der Waals surface area contributed by atoms with Crippen LogP contribution in [0.5, 0.6) is 0 Å². The molecule has 136 valence electrons. The van der Waals surface area contributed by atoms with E-state index < -0.39 is 10.0 Å². The monoisotopic (exact) mass is 373 g/mol. The molecule has 1 amide bonds. The maximum Gasteiger partial charge on any atom is 0.243 e. The molecule has 3 aliphatic rings. The van der Waals surface area contributed by atoms with Crippen molar-refractivity contribution in [1.29, 1.82) is 0 Å². The zero-order chi connectivity index (χ0) is 17.9. The number of anilines is 1. The van der Waals surface area contributed by atoms with Crippen LogP contribution in [0, 0.1) is 0 Å². The maximum absolute atomic E-state index is 13.2. The second-order valence-corrected chi connectivity index (χ2v) is 8.98. The quantitative estimate of drug-likeness (QED) is 0.792. The summed E-state index contributed by atoms with van der Waals surface area (Å²) in [5.74, 6) is 0.140. The highest BCUT2D eigenvalue weighted by Crippen LogP contribution is 2.39. The molecule has 1 aromatic heterocycles. The average molecular weight is 373 g/mol. The number of carbonyl (C=O) groups excluding carboxylic acids is 1. The fourth-order valence-corrected chi connectivity index (χ4v) is 5.85. The van der Waals surface area contributed by atoms with Gasteiger partial charge in [-0.05, 0) is 42.5 Å². The van der Waals surface area contributed by atoms with Gasteiger partial charge in [-0.15, -0.1) is 0 Å². The Kier molecular flexibility index (Phi) is 3.45. The van der Waals surface area contributed by atoms with E-state index >= 15 is 0 Å². The highest BCUT2D eigenvalue weighted by molar-refractivity contribution is 7.89. The van der Waals surface area contributed by atoms with E-state index in [1.54, 1.807) is 34.2 Å². The van der Waals surface area contributed by atoms with Crippen molar-refractivity contribution in [3.8, 4) is 0 Å². The molecule has 0 spiro atoms. The van der Waals surface area contributed by atoms with Gasteiger partial charge in [-0.2, -0.15) is 19.3 Å². The number of sulfonamides is 1. The Morgan fingerprint density at radius 3 is 2.50 bits per heavy atom. The Hall–Kier alpha value is -2.26. The minimum atomic E-state index is -3.56. The molecule has 0 radical (unpaired) electrons. The van der Waals surface area contributed by atoms with Crippen molar-refractivity contribution in [3.63, 3.8) is 0 Å². The summed E-state index contributed by atoms with van der Waals surface area (Å²) in [6, 6.07) is 3.49. The van der Waals surface area contributed by atoms with Crippen molar-refractivity contribution in [1.82, 2.24) is 19.3 Å². The molecule has 0 bridgehead atoms. The third-order valence-electron chi connectivity index (χ3n) is 5.55. The smallest absolute Gasteiger partial charge is 0.243 e. The van der Waals surface area contributed by atoms with Crippen LogP contribution in [0.4, 0.5) is 5.69 Å². The fraction of sp³-hybridized carbons (Fsp3) is 0.471. The molecule has 1 aromatic carbocycles. The van der Waals surface area contributed by atoms with Gasteiger partial charge in [0.05, 0.1) is 29.0 Å². The van der Waals surface area contributed by atoms with E-state index in [2.05, 4.69) is 10.2 Å². The molecule has 2 aromatic rings. The lowest BCUT2D eigenvalue weighted by Crippen LogP contribution is -2.33. The largest absolute Gasteiger partial charge is 0.312 e. The van der Waals surface area contributed by atoms with E-state index in [1.807, 2.05) is 0 Å². The van der Waals surface area contributed by atoms with Gasteiger partial charge in [0.25, 0.3) is 0 Å². The molecule has 9 heteroatoms. The third-order valence-corrected chi connectivity index (χ3v) is 7.40.